The van der Waals surface area contributed by atoms with Crippen LogP contribution in [0.15, 0.2) is 29.2 Å². The van der Waals surface area contributed by atoms with Crippen molar-refractivity contribution in [3.05, 3.63) is 29.3 Å². The Morgan fingerprint density at radius 3 is 2.32 bits per heavy atom. The van der Waals surface area contributed by atoms with Crippen LogP contribution in [0.3, 0.4) is 0 Å². The summed E-state index contributed by atoms with van der Waals surface area (Å²) in [5.41, 5.74) is 0. The lowest BCUT2D eigenvalue weighted by atomic mass is 10.3. The number of hydrogen-bond donors (Lipinski definition) is 0. The molecule has 1 saturated heterocycles. The van der Waals surface area contributed by atoms with Gasteiger partial charge in [-0.15, -0.1) is 11.8 Å². The van der Waals surface area contributed by atoms with Crippen LogP contribution in [-0.2, 0) is 9.59 Å². The SMILES string of the molecule is CC(=O)N1CCCN(C(=O)C(C)Sc2ccc(Cl)cc2)CC1. The summed E-state index contributed by atoms with van der Waals surface area (Å²) >= 11 is 7.41. The minimum Gasteiger partial charge on any atom is -0.341 e. The monoisotopic (exact) mass is 340 g/mol. The van der Waals surface area contributed by atoms with Crippen LogP contribution in [-0.4, -0.2) is 53.0 Å². The molecule has 1 unspecified atom stereocenters. The first kappa shape index (κ1) is 17.2. The number of hydrogen-bond acceptors (Lipinski definition) is 3. The Bertz CT molecular complexity index is 535. The summed E-state index contributed by atoms with van der Waals surface area (Å²) in [7, 11) is 0. The van der Waals surface area contributed by atoms with E-state index < -0.39 is 0 Å². The van der Waals surface area contributed by atoms with Gasteiger partial charge in [-0.05, 0) is 37.6 Å². The smallest absolute Gasteiger partial charge is 0.235 e. The predicted molar refractivity (Wildman–Crippen MR) is 90.2 cm³/mol. The maximum absolute atomic E-state index is 12.6. The molecule has 6 heteroatoms. The molecule has 1 aromatic rings. The normalized spacial score (nSPS) is 17.0. The van der Waals surface area contributed by atoms with E-state index in [1.54, 1.807) is 6.92 Å². The van der Waals surface area contributed by atoms with Crippen LogP contribution < -0.4 is 0 Å². The largest absolute Gasteiger partial charge is 0.341 e. The van der Waals surface area contributed by atoms with Gasteiger partial charge in [-0.25, -0.2) is 0 Å². The summed E-state index contributed by atoms with van der Waals surface area (Å²) in [5, 5.41) is 0.547. The average molecular weight is 341 g/mol. The summed E-state index contributed by atoms with van der Waals surface area (Å²) in [6, 6.07) is 7.52. The molecule has 1 aromatic carbocycles. The first-order valence-corrected chi connectivity index (χ1v) is 8.69. The molecule has 1 atom stereocenters. The molecule has 0 spiro atoms. The highest BCUT2D eigenvalue weighted by Crippen LogP contribution is 2.26. The van der Waals surface area contributed by atoms with Crippen molar-refractivity contribution >= 4 is 35.2 Å². The van der Waals surface area contributed by atoms with Crippen LogP contribution in [0.5, 0.6) is 0 Å². The lowest BCUT2D eigenvalue weighted by Crippen LogP contribution is -2.39. The van der Waals surface area contributed by atoms with Crippen molar-refractivity contribution in [1.29, 1.82) is 0 Å². The highest BCUT2D eigenvalue weighted by atomic mass is 35.5. The van der Waals surface area contributed by atoms with Gasteiger partial charge >= 0.3 is 0 Å². The van der Waals surface area contributed by atoms with Crippen LogP contribution in [0.1, 0.15) is 20.3 Å². The number of halogens is 1. The van der Waals surface area contributed by atoms with Crippen molar-refractivity contribution in [2.75, 3.05) is 26.2 Å². The Labute approximate surface area is 140 Å². The minimum absolute atomic E-state index is 0.0814. The van der Waals surface area contributed by atoms with Crippen LogP contribution in [0.4, 0.5) is 0 Å². The summed E-state index contributed by atoms with van der Waals surface area (Å²) in [5.74, 6) is 0.211. The molecule has 1 aliphatic rings. The summed E-state index contributed by atoms with van der Waals surface area (Å²) in [6.45, 7) is 6.20. The quantitative estimate of drug-likeness (QED) is 0.794. The van der Waals surface area contributed by atoms with E-state index in [0.29, 0.717) is 24.7 Å². The van der Waals surface area contributed by atoms with E-state index in [-0.39, 0.29) is 17.1 Å². The van der Waals surface area contributed by atoms with E-state index in [4.69, 9.17) is 11.6 Å². The van der Waals surface area contributed by atoms with E-state index in [9.17, 15) is 9.59 Å². The number of rotatable bonds is 3. The molecule has 0 N–H and O–H groups in total. The summed E-state index contributed by atoms with van der Waals surface area (Å²) < 4.78 is 0. The lowest BCUT2D eigenvalue weighted by Gasteiger charge is -2.24. The van der Waals surface area contributed by atoms with E-state index >= 15 is 0 Å². The number of nitrogens with zero attached hydrogens (tertiary/aromatic N) is 2. The molecule has 0 saturated carbocycles. The van der Waals surface area contributed by atoms with Crippen LogP contribution in [0, 0.1) is 0 Å². The molecule has 2 rings (SSSR count). The average Bonchev–Trinajstić information content (AvgIpc) is 2.74. The Kier molecular flexibility index (Phi) is 6.15. The zero-order valence-corrected chi connectivity index (χ0v) is 14.5. The minimum atomic E-state index is -0.148. The van der Waals surface area contributed by atoms with Crippen molar-refractivity contribution in [3.8, 4) is 0 Å². The molecule has 1 fully saturated rings. The number of thioether (sulfide) groups is 1. The Balaban J connectivity index is 1.92. The second-order valence-corrected chi connectivity index (χ2v) is 7.25. The van der Waals surface area contributed by atoms with Gasteiger partial charge in [0.25, 0.3) is 0 Å². The first-order valence-electron chi connectivity index (χ1n) is 7.44. The zero-order valence-electron chi connectivity index (χ0n) is 12.9. The fraction of sp³-hybridized carbons (Fsp3) is 0.500. The van der Waals surface area contributed by atoms with Gasteiger partial charge < -0.3 is 9.80 Å². The number of amides is 2. The summed E-state index contributed by atoms with van der Waals surface area (Å²) in [6.07, 6.45) is 0.837. The Morgan fingerprint density at radius 2 is 1.68 bits per heavy atom. The van der Waals surface area contributed by atoms with Gasteiger partial charge in [-0.1, -0.05) is 11.6 Å². The molecule has 0 bridgehead atoms. The lowest BCUT2D eigenvalue weighted by molar-refractivity contribution is -0.132. The molecule has 0 aromatic heterocycles. The Morgan fingerprint density at radius 1 is 1.09 bits per heavy atom. The highest BCUT2D eigenvalue weighted by Gasteiger charge is 2.24. The van der Waals surface area contributed by atoms with E-state index in [2.05, 4.69) is 0 Å². The van der Waals surface area contributed by atoms with E-state index in [1.807, 2.05) is 41.0 Å². The first-order chi connectivity index (χ1) is 10.5. The third-order valence-corrected chi connectivity index (χ3v) is 5.08. The molecule has 2 amide bonds. The summed E-state index contributed by atoms with van der Waals surface area (Å²) in [4.78, 5) is 28.7. The fourth-order valence-corrected chi connectivity index (χ4v) is 3.55. The third kappa shape index (κ3) is 4.65. The number of benzene rings is 1. The van der Waals surface area contributed by atoms with Gasteiger partial charge in [-0.2, -0.15) is 0 Å². The predicted octanol–water partition coefficient (Wildman–Crippen LogP) is 2.90. The zero-order chi connectivity index (χ0) is 16.1. The van der Waals surface area contributed by atoms with Crippen molar-refractivity contribution < 1.29 is 9.59 Å². The van der Waals surface area contributed by atoms with Gasteiger partial charge in [-0.3, -0.25) is 9.59 Å². The molecule has 1 heterocycles. The molecule has 1 aliphatic heterocycles. The van der Waals surface area contributed by atoms with Crippen LogP contribution in [0.25, 0.3) is 0 Å². The standard InChI is InChI=1S/C16H21ClN2O2S/c1-12(22-15-6-4-14(17)5-7-15)16(21)19-9-3-8-18(10-11-19)13(2)20/h4-7,12H,3,8-11H2,1-2H3. The van der Waals surface area contributed by atoms with Crippen LogP contribution in [0.2, 0.25) is 5.02 Å². The fourth-order valence-electron chi connectivity index (χ4n) is 2.48. The van der Waals surface area contributed by atoms with Crippen molar-refractivity contribution in [2.45, 2.75) is 30.4 Å². The molecule has 0 radical (unpaired) electrons. The van der Waals surface area contributed by atoms with Gasteiger partial charge in [0.2, 0.25) is 11.8 Å². The second-order valence-electron chi connectivity index (χ2n) is 5.40. The molecular weight excluding hydrogens is 320 g/mol. The molecule has 4 nitrogen and oxygen atoms in total. The highest BCUT2D eigenvalue weighted by molar-refractivity contribution is 8.00. The third-order valence-electron chi connectivity index (χ3n) is 3.73. The van der Waals surface area contributed by atoms with Crippen LogP contribution >= 0.6 is 23.4 Å². The van der Waals surface area contributed by atoms with Crippen molar-refractivity contribution in [2.24, 2.45) is 0 Å². The molecule has 0 aliphatic carbocycles. The maximum Gasteiger partial charge on any atom is 0.235 e. The number of carbonyl (C=O) groups excluding carboxylic acids is 2. The van der Waals surface area contributed by atoms with Gasteiger partial charge in [0, 0.05) is 43.0 Å². The molecular formula is C16H21ClN2O2S. The van der Waals surface area contributed by atoms with E-state index in [0.717, 1.165) is 17.9 Å². The molecule has 22 heavy (non-hydrogen) atoms. The maximum atomic E-state index is 12.6. The van der Waals surface area contributed by atoms with Gasteiger partial charge in [0.05, 0.1) is 5.25 Å². The Hall–Kier alpha value is -1.20. The van der Waals surface area contributed by atoms with Gasteiger partial charge in [0.15, 0.2) is 0 Å². The number of carbonyl (C=O) groups is 2. The van der Waals surface area contributed by atoms with Crippen molar-refractivity contribution in [1.82, 2.24) is 9.80 Å². The van der Waals surface area contributed by atoms with Gasteiger partial charge in [0.1, 0.15) is 0 Å². The molecule has 120 valence electrons. The topological polar surface area (TPSA) is 40.6 Å². The van der Waals surface area contributed by atoms with Crippen molar-refractivity contribution in [3.63, 3.8) is 0 Å². The second kappa shape index (κ2) is 7.88. The van der Waals surface area contributed by atoms with E-state index in [1.165, 1.54) is 11.8 Å².